The first-order chi connectivity index (χ1) is 13.5. The summed E-state index contributed by atoms with van der Waals surface area (Å²) < 4.78 is 21.6. The van der Waals surface area contributed by atoms with Crippen molar-refractivity contribution in [2.75, 3.05) is 5.32 Å². The molecule has 0 aliphatic heterocycles. The van der Waals surface area contributed by atoms with Gasteiger partial charge in [0.15, 0.2) is 6.73 Å². The summed E-state index contributed by atoms with van der Waals surface area (Å²) in [5.41, 5.74) is 1.88. The van der Waals surface area contributed by atoms with Gasteiger partial charge in [0.05, 0.1) is 17.1 Å². The zero-order chi connectivity index (χ0) is 19.7. The summed E-state index contributed by atoms with van der Waals surface area (Å²) in [4.78, 5) is 20.7. The van der Waals surface area contributed by atoms with E-state index >= 15 is 0 Å². The summed E-state index contributed by atoms with van der Waals surface area (Å²) in [6, 6.07) is 7.40. The number of aromatic nitrogens is 6. The Balaban J connectivity index is 1.50. The van der Waals surface area contributed by atoms with Crippen molar-refractivity contribution < 1.29 is 13.9 Å². The first kappa shape index (κ1) is 17.6. The quantitative estimate of drug-likeness (QED) is 0.570. The molecule has 28 heavy (non-hydrogen) atoms. The molecule has 0 fully saturated rings. The molecule has 3 aromatic heterocycles. The van der Waals surface area contributed by atoms with Crippen LogP contribution in [0.25, 0.3) is 5.78 Å². The van der Waals surface area contributed by atoms with Gasteiger partial charge in [0, 0.05) is 12.4 Å². The van der Waals surface area contributed by atoms with E-state index < -0.39 is 5.91 Å². The lowest BCUT2D eigenvalue weighted by Gasteiger charge is -2.08. The topological polar surface area (TPSA) is 99.2 Å². The Hall–Kier alpha value is -3.82. The number of carbonyl (C=O) groups is 1. The summed E-state index contributed by atoms with van der Waals surface area (Å²) in [6.07, 6.45) is 3.23. The lowest BCUT2D eigenvalue weighted by molar-refractivity contribution is 0.101. The number of nitrogens with zero attached hydrogens (tertiary/aromatic N) is 6. The van der Waals surface area contributed by atoms with E-state index in [2.05, 4.69) is 25.5 Å². The van der Waals surface area contributed by atoms with E-state index in [0.717, 1.165) is 0 Å². The van der Waals surface area contributed by atoms with Gasteiger partial charge in [-0.2, -0.15) is 10.1 Å². The van der Waals surface area contributed by atoms with E-state index in [1.165, 1.54) is 28.8 Å². The van der Waals surface area contributed by atoms with E-state index in [4.69, 9.17) is 4.74 Å². The highest BCUT2D eigenvalue weighted by molar-refractivity contribution is 6.02. The van der Waals surface area contributed by atoms with E-state index in [0.29, 0.717) is 28.6 Å². The molecule has 0 unspecified atom stereocenters. The summed E-state index contributed by atoms with van der Waals surface area (Å²) in [5, 5.41) is 11.3. The fourth-order valence-electron chi connectivity index (χ4n) is 2.67. The van der Waals surface area contributed by atoms with Crippen LogP contribution in [0.4, 0.5) is 10.1 Å². The Morgan fingerprint density at radius 3 is 2.75 bits per heavy atom. The second-order valence-electron chi connectivity index (χ2n) is 6.03. The molecule has 10 heteroatoms. The SMILES string of the molecule is Cc1nn(COc2ccc(F)cc2)c(C)c1NC(=O)c1nc2ncccn2n1. The second-order valence-corrected chi connectivity index (χ2v) is 6.03. The highest BCUT2D eigenvalue weighted by Gasteiger charge is 2.19. The van der Waals surface area contributed by atoms with Crippen LogP contribution < -0.4 is 10.1 Å². The molecule has 0 saturated heterocycles. The maximum absolute atomic E-state index is 13.0. The lowest BCUT2D eigenvalue weighted by Crippen LogP contribution is -2.15. The van der Waals surface area contributed by atoms with Crippen molar-refractivity contribution in [2.24, 2.45) is 0 Å². The third-order valence-corrected chi connectivity index (χ3v) is 4.11. The summed E-state index contributed by atoms with van der Waals surface area (Å²) in [5.74, 6) is 0.0631. The van der Waals surface area contributed by atoms with E-state index in [9.17, 15) is 9.18 Å². The normalized spacial score (nSPS) is 11.0. The van der Waals surface area contributed by atoms with Crippen LogP contribution in [-0.4, -0.2) is 35.3 Å². The van der Waals surface area contributed by atoms with Crippen molar-refractivity contribution in [3.05, 3.63) is 65.8 Å². The van der Waals surface area contributed by atoms with Gasteiger partial charge in [-0.25, -0.2) is 18.6 Å². The molecule has 0 bridgehead atoms. The van der Waals surface area contributed by atoms with Gasteiger partial charge in [-0.05, 0) is 44.2 Å². The highest BCUT2D eigenvalue weighted by Crippen LogP contribution is 2.21. The number of nitrogens with one attached hydrogen (secondary N) is 1. The number of rotatable bonds is 5. The predicted octanol–water partition coefficient (Wildman–Crippen LogP) is 2.37. The summed E-state index contributed by atoms with van der Waals surface area (Å²) in [7, 11) is 0. The van der Waals surface area contributed by atoms with Crippen LogP contribution in [0.1, 0.15) is 22.0 Å². The van der Waals surface area contributed by atoms with Crippen LogP contribution in [0.3, 0.4) is 0 Å². The molecule has 0 aliphatic carbocycles. The monoisotopic (exact) mass is 381 g/mol. The fraction of sp³-hybridized carbons (Fsp3) is 0.167. The first-order valence-electron chi connectivity index (χ1n) is 8.42. The molecule has 1 amide bonds. The molecule has 0 atom stereocenters. The third-order valence-electron chi connectivity index (χ3n) is 4.11. The average Bonchev–Trinajstić information content (AvgIpc) is 3.24. The molecule has 1 N–H and O–H groups in total. The Bertz CT molecular complexity index is 1120. The molecule has 4 aromatic rings. The minimum Gasteiger partial charge on any atom is -0.471 e. The zero-order valence-corrected chi connectivity index (χ0v) is 15.1. The number of hydrogen-bond acceptors (Lipinski definition) is 6. The van der Waals surface area contributed by atoms with Gasteiger partial charge in [0.25, 0.3) is 11.7 Å². The molecule has 4 rings (SSSR count). The molecular weight excluding hydrogens is 365 g/mol. The van der Waals surface area contributed by atoms with E-state index in [1.54, 1.807) is 30.1 Å². The number of benzene rings is 1. The number of ether oxygens (including phenoxy) is 1. The smallest absolute Gasteiger partial charge is 0.295 e. The van der Waals surface area contributed by atoms with Crippen LogP contribution in [-0.2, 0) is 6.73 Å². The molecule has 1 aromatic carbocycles. The number of carbonyl (C=O) groups excluding carboxylic acids is 1. The summed E-state index contributed by atoms with van der Waals surface area (Å²) in [6.45, 7) is 3.70. The number of fused-ring (bicyclic) bond motifs is 1. The molecule has 0 radical (unpaired) electrons. The minimum absolute atomic E-state index is 0.00723. The maximum atomic E-state index is 13.0. The van der Waals surface area contributed by atoms with Gasteiger partial charge in [-0.15, -0.1) is 5.10 Å². The van der Waals surface area contributed by atoms with Crippen LogP contribution in [0.5, 0.6) is 5.75 Å². The molecule has 0 aliphatic rings. The van der Waals surface area contributed by atoms with Crippen molar-refractivity contribution in [1.29, 1.82) is 0 Å². The van der Waals surface area contributed by atoms with Crippen LogP contribution >= 0.6 is 0 Å². The lowest BCUT2D eigenvalue weighted by atomic mass is 10.3. The maximum Gasteiger partial charge on any atom is 0.295 e. The second kappa shape index (κ2) is 7.06. The van der Waals surface area contributed by atoms with Crippen molar-refractivity contribution in [3.63, 3.8) is 0 Å². The molecule has 142 valence electrons. The van der Waals surface area contributed by atoms with Crippen LogP contribution in [0.2, 0.25) is 0 Å². The number of hydrogen-bond donors (Lipinski definition) is 1. The largest absolute Gasteiger partial charge is 0.471 e. The fourth-order valence-corrected chi connectivity index (χ4v) is 2.67. The van der Waals surface area contributed by atoms with Gasteiger partial charge < -0.3 is 10.1 Å². The molecule has 0 spiro atoms. The Labute approximate surface area is 158 Å². The number of amides is 1. The number of aryl methyl sites for hydroxylation is 1. The molecule has 9 nitrogen and oxygen atoms in total. The van der Waals surface area contributed by atoms with Gasteiger partial charge in [-0.3, -0.25) is 4.79 Å². The van der Waals surface area contributed by atoms with Crippen molar-refractivity contribution in [2.45, 2.75) is 20.6 Å². The van der Waals surface area contributed by atoms with Gasteiger partial charge in [-0.1, -0.05) is 0 Å². The Kier molecular flexibility index (Phi) is 4.44. The molecular formula is C18H16FN7O2. The number of anilines is 1. The van der Waals surface area contributed by atoms with Gasteiger partial charge in [0.2, 0.25) is 5.82 Å². The Morgan fingerprint density at radius 1 is 1.21 bits per heavy atom. The minimum atomic E-state index is -0.462. The average molecular weight is 381 g/mol. The molecule has 3 heterocycles. The van der Waals surface area contributed by atoms with Crippen molar-refractivity contribution in [1.82, 2.24) is 29.4 Å². The van der Waals surface area contributed by atoms with Crippen LogP contribution in [0.15, 0.2) is 42.7 Å². The van der Waals surface area contributed by atoms with Gasteiger partial charge >= 0.3 is 0 Å². The van der Waals surface area contributed by atoms with Crippen molar-refractivity contribution >= 4 is 17.4 Å². The van der Waals surface area contributed by atoms with E-state index in [1.807, 2.05) is 6.92 Å². The molecule has 0 saturated carbocycles. The van der Waals surface area contributed by atoms with Gasteiger partial charge in [0.1, 0.15) is 11.6 Å². The third kappa shape index (κ3) is 3.39. The van der Waals surface area contributed by atoms with Crippen molar-refractivity contribution in [3.8, 4) is 5.75 Å². The summed E-state index contributed by atoms with van der Waals surface area (Å²) >= 11 is 0. The van der Waals surface area contributed by atoms with E-state index in [-0.39, 0.29) is 18.4 Å². The highest BCUT2D eigenvalue weighted by atomic mass is 19.1. The number of halogens is 1. The Morgan fingerprint density at radius 2 is 2.00 bits per heavy atom. The zero-order valence-electron chi connectivity index (χ0n) is 15.1. The predicted molar refractivity (Wildman–Crippen MR) is 97.5 cm³/mol. The van der Waals surface area contributed by atoms with Crippen LogP contribution in [0, 0.1) is 19.7 Å². The standard InChI is InChI=1S/C18H16FN7O2/c1-11-15(21-17(27)16-22-18-20-8-3-9-25(18)24-16)12(2)26(23-11)10-28-14-6-4-13(19)5-7-14/h3-9H,10H2,1-2H3,(H,21,27). The first-order valence-corrected chi connectivity index (χ1v) is 8.42.